The zero-order chi connectivity index (χ0) is 28.5. The Morgan fingerprint density at radius 2 is 1.82 bits per heavy atom. The molecule has 3 aromatic carbocycles. The molecule has 1 N–H and O–H groups in total. The minimum atomic E-state index is -0.780. The molecule has 0 aromatic heterocycles. The van der Waals surface area contributed by atoms with E-state index in [2.05, 4.69) is 26.8 Å². The molecular weight excluding hydrogens is 507 g/mol. The summed E-state index contributed by atoms with van der Waals surface area (Å²) < 4.78 is 33.1. The number of rotatable bonds is 10. The van der Waals surface area contributed by atoms with E-state index in [0.717, 1.165) is 47.9 Å². The van der Waals surface area contributed by atoms with Crippen LogP contribution in [0.2, 0.25) is 0 Å². The first-order chi connectivity index (χ1) is 19.1. The average molecular weight is 547 g/mol. The molecule has 0 spiro atoms. The van der Waals surface area contributed by atoms with E-state index >= 15 is 4.39 Å². The quantitative estimate of drug-likeness (QED) is 0.277. The maximum atomic E-state index is 15.1. The molecule has 212 valence electrons. The van der Waals surface area contributed by atoms with Gasteiger partial charge in [0.15, 0.2) is 0 Å². The molecule has 1 aliphatic carbocycles. The van der Waals surface area contributed by atoms with Crippen molar-refractivity contribution in [3.05, 3.63) is 83.2 Å². The van der Waals surface area contributed by atoms with Crippen LogP contribution in [0.4, 0.5) is 4.39 Å². The normalized spacial score (nSPS) is 20.0. The van der Waals surface area contributed by atoms with Gasteiger partial charge in [-0.25, -0.2) is 4.39 Å². The van der Waals surface area contributed by atoms with Crippen LogP contribution < -0.4 is 9.47 Å². The second-order valence-corrected chi connectivity index (χ2v) is 12.3. The summed E-state index contributed by atoms with van der Waals surface area (Å²) in [4.78, 5) is 11.6. The Balaban J connectivity index is 1.45. The van der Waals surface area contributed by atoms with Crippen LogP contribution in [0.3, 0.4) is 0 Å². The minimum Gasteiger partial charge on any atom is -0.497 e. The molecule has 2 aliphatic rings. The van der Waals surface area contributed by atoms with E-state index in [-0.39, 0.29) is 35.1 Å². The van der Waals surface area contributed by atoms with Crippen LogP contribution in [0.25, 0.3) is 11.1 Å². The maximum absolute atomic E-state index is 15.1. The SMILES string of the molecule is COc1ccc(F)c(-c2ccc(COc3cccc([C@H](CC(=O)O)C4(C)CC4)c3)cc2[C@@H]2OCCCC2(C)C)c1. The summed E-state index contributed by atoms with van der Waals surface area (Å²) in [5.41, 5.74) is 4.08. The first-order valence-electron chi connectivity index (χ1n) is 14.1. The third kappa shape index (κ3) is 6.02. The summed E-state index contributed by atoms with van der Waals surface area (Å²) >= 11 is 0. The van der Waals surface area contributed by atoms with Crippen molar-refractivity contribution >= 4 is 5.97 Å². The van der Waals surface area contributed by atoms with Gasteiger partial charge < -0.3 is 19.3 Å². The molecule has 2 atom stereocenters. The molecule has 1 heterocycles. The highest BCUT2D eigenvalue weighted by Gasteiger charge is 2.46. The number of carboxylic acid groups (broad SMARTS) is 1. The maximum Gasteiger partial charge on any atom is 0.303 e. The van der Waals surface area contributed by atoms with Crippen LogP contribution in [0.15, 0.2) is 60.7 Å². The molecule has 6 heteroatoms. The van der Waals surface area contributed by atoms with Crippen LogP contribution in [-0.4, -0.2) is 24.8 Å². The molecule has 0 radical (unpaired) electrons. The molecule has 0 unspecified atom stereocenters. The van der Waals surface area contributed by atoms with Crippen molar-refractivity contribution in [2.45, 2.75) is 71.5 Å². The zero-order valence-corrected chi connectivity index (χ0v) is 23.8. The molecule has 5 nitrogen and oxygen atoms in total. The van der Waals surface area contributed by atoms with Gasteiger partial charge in [0.05, 0.1) is 19.6 Å². The van der Waals surface area contributed by atoms with E-state index in [4.69, 9.17) is 14.2 Å². The lowest BCUT2D eigenvalue weighted by molar-refractivity contribution is -0.137. The predicted octanol–water partition coefficient (Wildman–Crippen LogP) is 8.32. The largest absolute Gasteiger partial charge is 0.497 e. The smallest absolute Gasteiger partial charge is 0.303 e. The molecule has 0 bridgehead atoms. The van der Waals surface area contributed by atoms with Crippen molar-refractivity contribution in [3.8, 4) is 22.6 Å². The summed E-state index contributed by atoms with van der Waals surface area (Å²) in [6.45, 7) is 7.55. The van der Waals surface area contributed by atoms with Gasteiger partial charge in [-0.2, -0.15) is 0 Å². The Bertz CT molecular complexity index is 1380. The van der Waals surface area contributed by atoms with Crippen LogP contribution >= 0.6 is 0 Å². The monoisotopic (exact) mass is 546 g/mol. The van der Waals surface area contributed by atoms with Crippen LogP contribution in [0.5, 0.6) is 11.5 Å². The van der Waals surface area contributed by atoms with E-state index in [1.165, 1.54) is 6.07 Å². The minimum absolute atomic E-state index is 0.0317. The number of hydrogen-bond donors (Lipinski definition) is 1. The second-order valence-electron chi connectivity index (χ2n) is 12.3. The van der Waals surface area contributed by atoms with Gasteiger partial charge in [0.25, 0.3) is 0 Å². The zero-order valence-electron chi connectivity index (χ0n) is 23.8. The number of halogens is 1. The Morgan fingerprint density at radius 1 is 1.02 bits per heavy atom. The lowest BCUT2D eigenvalue weighted by Crippen LogP contribution is -2.30. The number of ether oxygens (including phenoxy) is 3. The van der Waals surface area contributed by atoms with Gasteiger partial charge in [0.1, 0.15) is 23.9 Å². The number of hydrogen-bond acceptors (Lipinski definition) is 4. The van der Waals surface area contributed by atoms with Gasteiger partial charge in [-0.15, -0.1) is 0 Å². The summed E-state index contributed by atoms with van der Waals surface area (Å²) in [6.07, 6.45) is 4.01. The molecule has 0 amide bonds. The summed E-state index contributed by atoms with van der Waals surface area (Å²) in [5, 5.41) is 9.51. The lowest BCUT2D eigenvalue weighted by atomic mass is 9.75. The third-order valence-electron chi connectivity index (χ3n) is 8.75. The van der Waals surface area contributed by atoms with E-state index in [0.29, 0.717) is 30.3 Å². The van der Waals surface area contributed by atoms with Gasteiger partial charge in [-0.1, -0.05) is 45.0 Å². The molecule has 1 saturated carbocycles. The average Bonchev–Trinajstić information content (AvgIpc) is 3.68. The molecule has 1 aliphatic heterocycles. The van der Waals surface area contributed by atoms with Crippen molar-refractivity contribution in [1.29, 1.82) is 0 Å². The van der Waals surface area contributed by atoms with Crippen molar-refractivity contribution in [2.75, 3.05) is 13.7 Å². The van der Waals surface area contributed by atoms with Crippen LogP contribution in [0, 0.1) is 16.6 Å². The molecule has 40 heavy (non-hydrogen) atoms. The van der Waals surface area contributed by atoms with Crippen molar-refractivity contribution in [2.24, 2.45) is 10.8 Å². The fourth-order valence-electron chi connectivity index (χ4n) is 6.07. The van der Waals surface area contributed by atoms with E-state index in [1.807, 2.05) is 36.4 Å². The molecule has 3 aromatic rings. The molecule has 5 rings (SSSR count). The number of carboxylic acids is 1. The van der Waals surface area contributed by atoms with Gasteiger partial charge in [-0.3, -0.25) is 4.79 Å². The van der Waals surface area contributed by atoms with Gasteiger partial charge in [0.2, 0.25) is 0 Å². The Labute approximate surface area is 236 Å². The topological polar surface area (TPSA) is 65.0 Å². The van der Waals surface area contributed by atoms with Crippen molar-refractivity contribution in [1.82, 2.24) is 0 Å². The van der Waals surface area contributed by atoms with Crippen LogP contribution in [0.1, 0.15) is 81.6 Å². The van der Waals surface area contributed by atoms with E-state index in [9.17, 15) is 9.90 Å². The summed E-state index contributed by atoms with van der Waals surface area (Å²) in [6, 6.07) is 18.6. The summed E-state index contributed by atoms with van der Waals surface area (Å²) in [7, 11) is 1.58. The van der Waals surface area contributed by atoms with Gasteiger partial charge in [-0.05, 0) is 101 Å². The van der Waals surface area contributed by atoms with E-state index < -0.39 is 5.97 Å². The standard InChI is InChI=1S/C34H39FO5/c1-33(2)13-6-16-39-32(33)28-17-22(9-11-26(28)27-19-24(38-4)10-12-30(27)35)21-40-25-8-5-7-23(18-25)29(20-31(36)37)34(3)14-15-34/h5,7-12,17-19,29,32H,6,13-16,20-21H2,1-4H3,(H,36,37)/t29-,32-/m0/s1. The van der Waals surface area contributed by atoms with E-state index in [1.54, 1.807) is 19.2 Å². The predicted molar refractivity (Wildman–Crippen MR) is 153 cm³/mol. The van der Waals surface area contributed by atoms with Crippen molar-refractivity contribution in [3.63, 3.8) is 0 Å². The molecule has 1 saturated heterocycles. The van der Waals surface area contributed by atoms with Gasteiger partial charge in [0, 0.05) is 12.2 Å². The molecular formula is C34H39FO5. The Hall–Kier alpha value is -3.38. The number of carbonyl (C=O) groups is 1. The highest BCUT2D eigenvalue weighted by atomic mass is 19.1. The lowest BCUT2D eigenvalue weighted by Gasteiger charge is -2.39. The van der Waals surface area contributed by atoms with Crippen LogP contribution in [-0.2, 0) is 16.1 Å². The Morgan fingerprint density at radius 3 is 2.52 bits per heavy atom. The number of methoxy groups -OCH3 is 1. The number of aliphatic carboxylic acids is 1. The second kappa shape index (κ2) is 11.2. The fourth-order valence-corrected chi connectivity index (χ4v) is 6.07. The van der Waals surface area contributed by atoms with Crippen molar-refractivity contribution < 1.29 is 28.5 Å². The number of benzene rings is 3. The molecule has 2 fully saturated rings. The highest BCUT2D eigenvalue weighted by molar-refractivity contribution is 5.71. The fraction of sp³-hybridized carbons (Fsp3) is 0.441. The highest BCUT2D eigenvalue weighted by Crippen LogP contribution is 2.57. The van der Waals surface area contributed by atoms with Gasteiger partial charge >= 0.3 is 5.97 Å². The third-order valence-corrected chi connectivity index (χ3v) is 8.75. The first kappa shape index (κ1) is 28.2. The Kier molecular flexibility index (Phi) is 7.92. The first-order valence-corrected chi connectivity index (χ1v) is 14.1. The summed E-state index contributed by atoms with van der Waals surface area (Å²) in [5.74, 6) is 0.174.